The third-order valence-electron chi connectivity index (χ3n) is 2.90. The SMILES string of the molecule is O=c1cc(SCc2ccccc2)c2cc(F)ccc2o1. The van der Waals surface area contributed by atoms with Gasteiger partial charge in [-0.3, -0.25) is 0 Å². The monoisotopic (exact) mass is 286 g/mol. The highest BCUT2D eigenvalue weighted by molar-refractivity contribution is 7.98. The molecule has 1 aromatic heterocycles. The molecule has 100 valence electrons. The number of hydrogen-bond acceptors (Lipinski definition) is 3. The maximum Gasteiger partial charge on any atom is 0.337 e. The van der Waals surface area contributed by atoms with Gasteiger partial charge < -0.3 is 4.42 Å². The average Bonchev–Trinajstić information content (AvgIpc) is 2.46. The molecule has 0 spiro atoms. The first-order chi connectivity index (χ1) is 9.72. The molecule has 2 nitrogen and oxygen atoms in total. The van der Waals surface area contributed by atoms with E-state index >= 15 is 0 Å². The summed E-state index contributed by atoms with van der Waals surface area (Å²) < 4.78 is 18.4. The Kier molecular flexibility index (Phi) is 3.56. The summed E-state index contributed by atoms with van der Waals surface area (Å²) >= 11 is 1.50. The van der Waals surface area contributed by atoms with Gasteiger partial charge in [0.25, 0.3) is 0 Å². The molecule has 3 rings (SSSR count). The van der Waals surface area contributed by atoms with Crippen LogP contribution in [0, 0.1) is 5.82 Å². The van der Waals surface area contributed by atoms with Crippen molar-refractivity contribution in [2.24, 2.45) is 0 Å². The lowest BCUT2D eigenvalue weighted by Crippen LogP contribution is -1.97. The maximum absolute atomic E-state index is 13.4. The van der Waals surface area contributed by atoms with Crippen LogP contribution in [0.5, 0.6) is 0 Å². The molecule has 3 aromatic rings. The fraction of sp³-hybridized carbons (Fsp3) is 0.0625. The minimum atomic E-state index is -0.417. The summed E-state index contributed by atoms with van der Waals surface area (Å²) in [5, 5.41) is 0.630. The van der Waals surface area contributed by atoms with E-state index in [1.165, 1.54) is 36.0 Å². The van der Waals surface area contributed by atoms with Crippen LogP contribution in [0.1, 0.15) is 5.56 Å². The van der Waals surface area contributed by atoms with Crippen LogP contribution in [0.4, 0.5) is 4.39 Å². The molecule has 4 heteroatoms. The molecule has 0 atom stereocenters. The Balaban J connectivity index is 1.98. The van der Waals surface area contributed by atoms with Gasteiger partial charge in [0.15, 0.2) is 0 Å². The number of rotatable bonds is 3. The van der Waals surface area contributed by atoms with Gasteiger partial charge in [0.2, 0.25) is 0 Å². The number of halogens is 1. The minimum Gasteiger partial charge on any atom is -0.423 e. The number of benzene rings is 2. The van der Waals surface area contributed by atoms with Crippen molar-refractivity contribution in [3.63, 3.8) is 0 Å². The Hall–Kier alpha value is -2.07. The molecule has 0 saturated carbocycles. The van der Waals surface area contributed by atoms with Crippen molar-refractivity contribution in [3.8, 4) is 0 Å². The molecule has 0 saturated heterocycles. The third-order valence-corrected chi connectivity index (χ3v) is 4.03. The second-order valence-electron chi connectivity index (χ2n) is 4.34. The summed E-state index contributed by atoms with van der Waals surface area (Å²) in [5.41, 5.74) is 1.14. The van der Waals surface area contributed by atoms with Gasteiger partial charge in [-0.2, -0.15) is 0 Å². The van der Waals surface area contributed by atoms with E-state index in [9.17, 15) is 9.18 Å². The summed E-state index contributed by atoms with van der Waals surface area (Å²) in [6.45, 7) is 0. The van der Waals surface area contributed by atoms with Crippen LogP contribution in [0.3, 0.4) is 0 Å². The van der Waals surface area contributed by atoms with Gasteiger partial charge in [0, 0.05) is 22.1 Å². The van der Waals surface area contributed by atoms with E-state index in [1.54, 1.807) is 0 Å². The normalized spacial score (nSPS) is 10.8. The molecule has 0 radical (unpaired) electrons. The van der Waals surface area contributed by atoms with Crippen molar-refractivity contribution in [2.75, 3.05) is 0 Å². The van der Waals surface area contributed by atoms with E-state index < -0.39 is 5.63 Å². The highest BCUT2D eigenvalue weighted by atomic mass is 32.2. The first kappa shape index (κ1) is 12.9. The lowest BCUT2D eigenvalue weighted by atomic mass is 10.2. The van der Waals surface area contributed by atoms with E-state index in [-0.39, 0.29) is 5.82 Å². The summed E-state index contributed by atoms with van der Waals surface area (Å²) in [6.07, 6.45) is 0. The second-order valence-corrected chi connectivity index (χ2v) is 5.36. The topological polar surface area (TPSA) is 30.2 Å². The van der Waals surface area contributed by atoms with Gasteiger partial charge in [-0.15, -0.1) is 11.8 Å². The molecule has 0 aliphatic heterocycles. The molecule has 20 heavy (non-hydrogen) atoms. The predicted octanol–water partition coefficient (Wildman–Crippen LogP) is 4.22. The Labute approximate surface area is 119 Å². The Morgan fingerprint density at radius 2 is 1.85 bits per heavy atom. The lowest BCUT2D eigenvalue weighted by Gasteiger charge is -2.05. The van der Waals surface area contributed by atoms with Crippen LogP contribution in [-0.2, 0) is 5.75 Å². The van der Waals surface area contributed by atoms with Gasteiger partial charge in [0.05, 0.1) is 0 Å². The van der Waals surface area contributed by atoms with E-state index in [2.05, 4.69) is 0 Å². The highest BCUT2D eigenvalue weighted by Gasteiger charge is 2.07. The predicted molar refractivity (Wildman–Crippen MR) is 78.4 cm³/mol. The zero-order valence-electron chi connectivity index (χ0n) is 10.5. The van der Waals surface area contributed by atoms with Crippen molar-refractivity contribution in [3.05, 3.63) is 76.4 Å². The summed E-state index contributed by atoms with van der Waals surface area (Å²) in [7, 11) is 0. The molecule has 0 aliphatic carbocycles. The van der Waals surface area contributed by atoms with Crippen molar-refractivity contribution in [1.82, 2.24) is 0 Å². The fourth-order valence-corrected chi connectivity index (χ4v) is 2.97. The van der Waals surface area contributed by atoms with Gasteiger partial charge >= 0.3 is 5.63 Å². The van der Waals surface area contributed by atoms with E-state index in [4.69, 9.17) is 4.42 Å². The van der Waals surface area contributed by atoms with Crippen LogP contribution in [-0.4, -0.2) is 0 Å². The zero-order valence-corrected chi connectivity index (χ0v) is 11.3. The standard InChI is InChI=1S/C16H11FO2S/c17-12-6-7-14-13(8-12)15(9-16(18)19-14)20-10-11-4-2-1-3-5-11/h1-9H,10H2. The molecule has 2 aromatic carbocycles. The molecule has 0 bridgehead atoms. The molecule has 0 fully saturated rings. The molecule has 0 aliphatic rings. The average molecular weight is 286 g/mol. The van der Waals surface area contributed by atoms with Crippen molar-refractivity contribution in [1.29, 1.82) is 0 Å². The number of thioether (sulfide) groups is 1. The molecule has 1 heterocycles. The van der Waals surface area contributed by atoms with Gasteiger partial charge in [0.1, 0.15) is 11.4 Å². The molecular weight excluding hydrogens is 275 g/mol. The Bertz CT molecular complexity index is 796. The molecule has 0 unspecified atom stereocenters. The van der Waals surface area contributed by atoms with Crippen LogP contribution in [0.25, 0.3) is 11.0 Å². The Morgan fingerprint density at radius 1 is 1.05 bits per heavy atom. The summed E-state index contributed by atoms with van der Waals surface area (Å²) in [6, 6.07) is 15.5. The van der Waals surface area contributed by atoms with E-state index in [0.717, 1.165) is 16.2 Å². The number of fused-ring (bicyclic) bond motifs is 1. The van der Waals surface area contributed by atoms with Gasteiger partial charge in [-0.05, 0) is 23.8 Å². The van der Waals surface area contributed by atoms with Crippen molar-refractivity contribution >= 4 is 22.7 Å². The Morgan fingerprint density at radius 3 is 2.65 bits per heavy atom. The summed E-state index contributed by atoms with van der Waals surface area (Å²) in [4.78, 5) is 12.3. The van der Waals surface area contributed by atoms with Crippen molar-refractivity contribution < 1.29 is 8.81 Å². The van der Waals surface area contributed by atoms with Crippen molar-refractivity contribution in [2.45, 2.75) is 10.6 Å². The van der Waals surface area contributed by atoms with Gasteiger partial charge in [-0.1, -0.05) is 30.3 Å². The zero-order chi connectivity index (χ0) is 13.9. The minimum absolute atomic E-state index is 0.340. The van der Waals surface area contributed by atoms with Crippen LogP contribution >= 0.6 is 11.8 Å². The number of hydrogen-bond donors (Lipinski definition) is 0. The van der Waals surface area contributed by atoms with E-state index in [0.29, 0.717) is 11.0 Å². The van der Waals surface area contributed by atoms with Crippen LogP contribution in [0.2, 0.25) is 0 Å². The molecule has 0 amide bonds. The first-order valence-corrected chi connectivity index (χ1v) is 7.11. The molecular formula is C16H11FO2S. The van der Waals surface area contributed by atoms with E-state index in [1.807, 2.05) is 30.3 Å². The smallest absolute Gasteiger partial charge is 0.337 e. The highest BCUT2D eigenvalue weighted by Crippen LogP contribution is 2.29. The molecule has 0 N–H and O–H groups in total. The largest absolute Gasteiger partial charge is 0.423 e. The quantitative estimate of drug-likeness (QED) is 0.533. The maximum atomic E-state index is 13.4. The van der Waals surface area contributed by atoms with Crippen LogP contribution in [0.15, 0.2) is 68.7 Å². The summed E-state index contributed by atoms with van der Waals surface area (Å²) in [5.74, 6) is 0.378. The van der Waals surface area contributed by atoms with Gasteiger partial charge in [-0.25, -0.2) is 9.18 Å². The fourth-order valence-electron chi connectivity index (χ4n) is 1.96. The first-order valence-electron chi connectivity index (χ1n) is 6.12. The third kappa shape index (κ3) is 2.75. The lowest BCUT2D eigenvalue weighted by molar-refractivity contribution is 0.555. The second kappa shape index (κ2) is 5.51. The van der Waals surface area contributed by atoms with Crippen LogP contribution < -0.4 is 5.63 Å².